The van der Waals surface area contributed by atoms with Gasteiger partial charge in [0.2, 0.25) is 0 Å². The lowest BCUT2D eigenvalue weighted by Gasteiger charge is -2.43. The Hall–Kier alpha value is -0.530. The van der Waals surface area contributed by atoms with Gasteiger partial charge < -0.3 is 4.74 Å². The summed E-state index contributed by atoms with van der Waals surface area (Å²) >= 11 is 0. The Morgan fingerprint density at radius 2 is 1.56 bits per heavy atom. The van der Waals surface area contributed by atoms with E-state index in [1.54, 1.807) is 0 Å². The molecule has 0 amide bonds. The number of esters is 1. The lowest BCUT2D eigenvalue weighted by atomic mass is 9.61. The van der Waals surface area contributed by atoms with Crippen molar-refractivity contribution in [1.82, 2.24) is 0 Å². The number of carbonyl (C=O) groups excluding carboxylic acids is 1. The summed E-state index contributed by atoms with van der Waals surface area (Å²) in [7, 11) is 0. The molecule has 0 aliphatic heterocycles. The van der Waals surface area contributed by atoms with Crippen LogP contribution in [0.2, 0.25) is 0 Å². The predicted molar refractivity (Wildman–Crippen MR) is 68.2 cm³/mol. The van der Waals surface area contributed by atoms with Gasteiger partial charge in [-0.15, -0.1) is 0 Å². The van der Waals surface area contributed by atoms with Crippen molar-refractivity contribution in [2.45, 2.75) is 55.4 Å². The van der Waals surface area contributed by atoms with E-state index in [1.807, 2.05) is 13.8 Å². The third-order valence-electron chi connectivity index (χ3n) is 4.11. The van der Waals surface area contributed by atoms with Gasteiger partial charge >= 0.3 is 5.97 Å². The highest BCUT2D eigenvalue weighted by atomic mass is 16.5. The molecule has 0 saturated heterocycles. The number of rotatable bonds is 4. The van der Waals surface area contributed by atoms with E-state index in [4.69, 9.17) is 4.74 Å². The van der Waals surface area contributed by atoms with Crippen molar-refractivity contribution in [2.75, 3.05) is 6.61 Å². The second-order valence-corrected chi connectivity index (χ2v) is 6.25. The Labute approximate surface area is 101 Å². The van der Waals surface area contributed by atoms with E-state index in [1.165, 1.54) is 0 Å². The van der Waals surface area contributed by atoms with Crippen LogP contribution in [0.15, 0.2) is 0 Å². The molecule has 0 aliphatic carbocycles. The van der Waals surface area contributed by atoms with Gasteiger partial charge in [-0.05, 0) is 31.1 Å². The van der Waals surface area contributed by atoms with Crippen molar-refractivity contribution >= 4 is 5.97 Å². The quantitative estimate of drug-likeness (QED) is 0.682. The van der Waals surface area contributed by atoms with Crippen LogP contribution >= 0.6 is 0 Å². The topological polar surface area (TPSA) is 26.3 Å². The predicted octanol–water partition coefficient (Wildman–Crippen LogP) is 3.89. The Morgan fingerprint density at radius 3 is 1.81 bits per heavy atom. The summed E-state index contributed by atoms with van der Waals surface area (Å²) in [5, 5.41) is 0. The molecule has 0 fully saturated rings. The highest BCUT2D eigenvalue weighted by molar-refractivity contribution is 5.77. The minimum atomic E-state index is -0.408. The first-order valence-corrected chi connectivity index (χ1v) is 6.25. The number of hydrogen-bond acceptors (Lipinski definition) is 2. The van der Waals surface area contributed by atoms with Crippen LogP contribution in [0, 0.1) is 22.7 Å². The summed E-state index contributed by atoms with van der Waals surface area (Å²) < 4.78 is 5.25. The fourth-order valence-electron chi connectivity index (χ4n) is 2.10. The average molecular weight is 228 g/mol. The zero-order valence-electron chi connectivity index (χ0n) is 12.2. The molecule has 0 aromatic heterocycles. The van der Waals surface area contributed by atoms with Crippen LogP contribution in [0.4, 0.5) is 0 Å². The van der Waals surface area contributed by atoms with Gasteiger partial charge in [0.15, 0.2) is 0 Å². The van der Waals surface area contributed by atoms with Crippen LogP contribution in [0.1, 0.15) is 55.4 Å². The second kappa shape index (κ2) is 5.20. The molecule has 0 aromatic carbocycles. The zero-order valence-corrected chi connectivity index (χ0v) is 12.2. The number of ether oxygens (including phenoxy) is 1. The molecule has 16 heavy (non-hydrogen) atoms. The molecule has 2 nitrogen and oxygen atoms in total. The number of hydrogen-bond donors (Lipinski definition) is 0. The minimum Gasteiger partial charge on any atom is -0.466 e. The van der Waals surface area contributed by atoms with Crippen LogP contribution in [0.5, 0.6) is 0 Å². The van der Waals surface area contributed by atoms with Crippen molar-refractivity contribution in [3.05, 3.63) is 0 Å². The fourth-order valence-corrected chi connectivity index (χ4v) is 2.10. The monoisotopic (exact) mass is 228 g/mol. The summed E-state index contributed by atoms with van der Waals surface area (Å²) in [5.41, 5.74) is -0.306. The molecular formula is C14H28O2. The van der Waals surface area contributed by atoms with Gasteiger partial charge in [0, 0.05) is 0 Å². The van der Waals surface area contributed by atoms with Gasteiger partial charge in [-0.3, -0.25) is 4.79 Å². The lowest BCUT2D eigenvalue weighted by Crippen LogP contribution is -2.45. The molecule has 0 radical (unpaired) electrons. The molecule has 2 heteroatoms. The third-order valence-corrected chi connectivity index (χ3v) is 4.11. The van der Waals surface area contributed by atoms with E-state index in [0.717, 1.165) is 0 Å². The van der Waals surface area contributed by atoms with E-state index in [0.29, 0.717) is 6.61 Å². The van der Waals surface area contributed by atoms with Crippen LogP contribution in [0.25, 0.3) is 0 Å². The van der Waals surface area contributed by atoms with Crippen LogP contribution < -0.4 is 0 Å². The first kappa shape index (κ1) is 15.5. The molecule has 0 N–H and O–H groups in total. The van der Waals surface area contributed by atoms with Crippen LogP contribution in [-0.2, 0) is 9.53 Å². The summed E-state index contributed by atoms with van der Waals surface area (Å²) in [6.45, 7) is 17.2. The standard InChI is InChI=1S/C14H28O2/c1-9-16-12(15)14(8,10(2)3)11(4)13(5,6)7/h10-11H,9H2,1-8H3. The smallest absolute Gasteiger partial charge is 0.312 e. The summed E-state index contributed by atoms with van der Waals surface area (Å²) in [6.07, 6.45) is 0. The molecule has 0 aliphatic rings. The molecular weight excluding hydrogens is 200 g/mol. The van der Waals surface area contributed by atoms with Gasteiger partial charge in [-0.1, -0.05) is 41.5 Å². The summed E-state index contributed by atoms with van der Waals surface area (Å²) in [5.74, 6) is 0.493. The van der Waals surface area contributed by atoms with E-state index >= 15 is 0 Å². The second-order valence-electron chi connectivity index (χ2n) is 6.25. The number of carbonyl (C=O) groups is 1. The van der Waals surface area contributed by atoms with E-state index in [-0.39, 0.29) is 23.2 Å². The van der Waals surface area contributed by atoms with Crippen molar-refractivity contribution in [3.8, 4) is 0 Å². The van der Waals surface area contributed by atoms with Crippen LogP contribution in [0.3, 0.4) is 0 Å². The normalized spacial score (nSPS) is 18.1. The van der Waals surface area contributed by atoms with Crippen molar-refractivity contribution in [3.63, 3.8) is 0 Å². The highest BCUT2D eigenvalue weighted by Crippen LogP contribution is 2.45. The molecule has 0 aromatic rings. The SMILES string of the molecule is CCOC(=O)C(C)(C(C)C)C(C)C(C)(C)C. The van der Waals surface area contributed by atoms with Crippen molar-refractivity contribution in [1.29, 1.82) is 0 Å². The van der Waals surface area contributed by atoms with Gasteiger partial charge in [-0.2, -0.15) is 0 Å². The van der Waals surface area contributed by atoms with Gasteiger partial charge in [0.1, 0.15) is 0 Å². The van der Waals surface area contributed by atoms with Gasteiger partial charge in [0.05, 0.1) is 12.0 Å². The lowest BCUT2D eigenvalue weighted by molar-refractivity contribution is -0.164. The summed E-state index contributed by atoms with van der Waals surface area (Å²) in [4.78, 5) is 12.2. The third kappa shape index (κ3) is 2.99. The molecule has 0 heterocycles. The molecule has 0 bridgehead atoms. The van der Waals surface area contributed by atoms with Gasteiger partial charge in [-0.25, -0.2) is 0 Å². The minimum absolute atomic E-state index is 0.0626. The maximum absolute atomic E-state index is 12.2. The molecule has 96 valence electrons. The Bertz CT molecular complexity index is 238. The maximum atomic E-state index is 12.2. The highest BCUT2D eigenvalue weighted by Gasteiger charge is 2.47. The maximum Gasteiger partial charge on any atom is 0.312 e. The average Bonchev–Trinajstić information content (AvgIpc) is 2.13. The molecule has 2 atom stereocenters. The van der Waals surface area contributed by atoms with E-state index in [2.05, 4.69) is 41.5 Å². The molecule has 0 spiro atoms. The molecule has 2 unspecified atom stereocenters. The molecule has 0 saturated carbocycles. The Balaban J connectivity index is 5.19. The van der Waals surface area contributed by atoms with E-state index < -0.39 is 5.41 Å². The summed E-state index contributed by atoms with van der Waals surface area (Å²) in [6, 6.07) is 0. The zero-order chi connectivity index (χ0) is 13.1. The largest absolute Gasteiger partial charge is 0.466 e. The van der Waals surface area contributed by atoms with Gasteiger partial charge in [0.25, 0.3) is 0 Å². The molecule has 0 rings (SSSR count). The Kier molecular flexibility index (Phi) is 5.03. The Morgan fingerprint density at radius 1 is 1.12 bits per heavy atom. The van der Waals surface area contributed by atoms with Crippen molar-refractivity contribution < 1.29 is 9.53 Å². The first-order valence-electron chi connectivity index (χ1n) is 6.25. The fraction of sp³-hybridized carbons (Fsp3) is 0.929. The first-order chi connectivity index (χ1) is 7.08. The van der Waals surface area contributed by atoms with Crippen molar-refractivity contribution in [2.24, 2.45) is 22.7 Å². The van der Waals surface area contributed by atoms with E-state index in [9.17, 15) is 4.79 Å². The van der Waals surface area contributed by atoms with Crippen LogP contribution in [-0.4, -0.2) is 12.6 Å².